The van der Waals surface area contributed by atoms with Gasteiger partial charge in [-0.1, -0.05) is 0 Å². The van der Waals surface area contributed by atoms with Crippen LogP contribution in [0.2, 0.25) is 0 Å². The first kappa shape index (κ1) is 9.64. The number of aromatic nitrogens is 4. The van der Waals surface area contributed by atoms with E-state index >= 15 is 0 Å². The highest BCUT2D eigenvalue weighted by molar-refractivity contribution is 6.06. The van der Waals surface area contributed by atoms with Crippen LogP contribution < -0.4 is 0 Å². The van der Waals surface area contributed by atoms with Gasteiger partial charge in [0.25, 0.3) is 0 Å². The van der Waals surface area contributed by atoms with Crippen LogP contribution in [0.4, 0.5) is 0 Å². The monoisotopic (exact) mass is 204 g/mol. The maximum absolute atomic E-state index is 12.0. The molecule has 5 nitrogen and oxygen atoms in total. The van der Waals surface area contributed by atoms with Crippen LogP contribution in [-0.2, 0) is 13.6 Å². The molecular weight excluding hydrogens is 192 g/mol. The zero-order chi connectivity index (χ0) is 10.8. The number of aryl methyl sites for hydroxylation is 2. The first-order valence-corrected chi connectivity index (χ1v) is 4.77. The van der Waals surface area contributed by atoms with Crippen molar-refractivity contribution in [3.8, 4) is 0 Å². The zero-order valence-corrected chi connectivity index (χ0v) is 8.71. The maximum Gasteiger partial charge on any atom is 0.230 e. The van der Waals surface area contributed by atoms with Gasteiger partial charge in [0.2, 0.25) is 5.78 Å². The Balaban J connectivity index is 2.36. The Bertz CT molecular complexity index is 483. The lowest BCUT2D eigenvalue weighted by Crippen LogP contribution is -2.10. The fraction of sp³-hybridized carbons (Fsp3) is 0.300. The predicted octanol–water partition coefficient (Wildman–Crippen LogP) is 0.867. The molecule has 0 radical (unpaired) electrons. The second-order valence-electron chi connectivity index (χ2n) is 3.29. The van der Waals surface area contributed by atoms with Gasteiger partial charge in [-0.25, -0.2) is 4.98 Å². The lowest BCUT2D eigenvalue weighted by molar-refractivity contribution is 0.102. The van der Waals surface area contributed by atoms with E-state index in [9.17, 15) is 4.79 Å². The fourth-order valence-corrected chi connectivity index (χ4v) is 1.44. The smallest absolute Gasteiger partial charge is 0.230 e. The summed E-state index contributed by atoms with van der Waals surface area (Å²) in [5, 5.41) is 4.05. The summed E-state index contributed by atoms with van der Waals surface area (Å²) in [6, 6.07) is 1.71. The molecule has 2 rings (SSSR count). The molecule has 0 spiro atoms. The molecule has 2 heterocycles. The zero-order valence-electron chi connectivity index (χ0n) is 8.71. The van der Waals surface area contributed by atoms with E-state index in [2.05, 4.69) is 10.1 Å². The summed E-state index contributed by atoms with van der Waals surface area (Å²) < 4.78 is 3.41. The standard InChI is InChI=1S/C10H12N4O/c1-3-14-9(4-5-12-14)10(15)8-6-13(2)7-11-8/h4-7H,3H2,1-2H3. The normalized spacial score (nSPS) is 10.5. The SMILES string of the molecule is CCn1nccc1C(=O)c1cn(C)cn1. The Hall–Kier alpha value is -1.91. The number of rotatable bonds is 3. The van der Waals surface area contributed by atoms with Crippen molar-refractivity contribution < 1.29 is 4.79 Å². The van der Waals surface area contributed by atoms with E-state index < -0.39 is 0 Å². The van der Waals surface area contributed by atoms with Crippen LogP contribution in [0.3, 0.4) is 0 Å². The van der Waals surface area contributed by atoms with Crippen LogP contribution in [0.1, 0.15) is 23.1 Å². The molecule has 0 saturated carbocycles. The Morgan fingerprint density at radius 3 is 2.93 bits per heavy atom. The van der Waals surface area contributed by atoms with Crippen LogP contribution in [-0.4, -0.2) is 25.1 Å². The van der Waals surface area contributed by atoms with Gasteiger partial charge in [-0.3, -0.25) is 9.48 Å². The molecule has 0 N–H and O–H groups in total. The van der Waals surface area contributed by atoms with E-state index in [0.717, 1.165) is 0 Å². The van der Waals surface area contributed by atoms with Gasteiger partial charge in [0.1, 0.15) is 11.4 Å². The molecule has 0 saturated heterocycles. The van der Waals surface area contributed by atoms with Crippen molar-refractivity contribution in [3.63, 3.8) is 0 Å². The number of imidazole rings is 1. The predicted molar refractivity (Wildman–Crippen MR) is 54.5 cm³/mol. The minimum absolute atomic E-state index is 0.0880. The molecular formula is C10H12N4O. The molecule has 0 bridgehead atoms. The molecule has 0 aliphatic heterocycles. The minimum Gasteiger partial charge on any atom is -0.340 e. The Kier molecular flexibility index (Phi) is 2.37. The van der Waals surface area contributed by atoms with E-state index in [1.165, 1.54) is 0 Å². The van der Waals surface area contributed by atoms with Crippen LogP contribution in [0.25, 0.3) is 0 Å². The number of hydrogen-bond acceptors (Lipinski definition) is 3. The third kappa shape index (κ3) is 1.68. The van der Waals surface area contributed by atoms with Gasteiger partial charge in [0, 0.05) is 26.0 Å². The van der Waals surface area contributed by atoms with Crippen LogP contribution in [0.5, 0.6) is 0 Å². The minimum atomic E-state index is -0.0880. The van der Waals surface area contributed by atoms with Gasteiger partial charge in [0.15, 0.2) is 0 Å². The lowest BCUT2D eigenvalue weighted by Gasteiger charge is -2.00. The molecule has 78 valence electrons. The first-order chi connectivity index (χ1) is 7.22. The molecule has 2 aromatic heterocycles. The van der Waals surface area contributed by atoms with Gasteiger partial charge < -0.3 is 4.57 Å². The van der Waals surface area contributed by atoms with Gasteiger partial charge in [0.05, 0.1) is 6.33 Å². The molecule has 0 aliphatic rings. The molecule has 0 unspecified atom stereocenters. The van der Waals surface area contributed by atoms with Gasteiger partial charge >= 0.3 is 0 Å². The van der Waals surface area contributed by atoms with Crippen molar-refractivity contribution in [2.45, 2.75) is 13.5 Å². The topological polar surface area (TPSA) is 52.7 Å². The van der Waals surface area contributed by atoms with Crippen molar-refractivity contribution in [1.29, 1.82) is 0 Å². The largest absolute Gasteiger partial charge is 0.340 e. The number of hydrogen-bond donors (Lipinski definition) is 0. The van der Waals surface area contributed by atoms with Crippen molar-refractivity contribution in [2.24, 2.45) is 7.05 Å². The summed E-state index contributed by atoms with van der Waals surface area (Å²) in [5.41, 5.74) is 1.03. The van der Waals surface area contributed by atoms with Crippen molar-refractivity contribution in [2.75, 3.05) is 0 Å². The molecule has 5 heteroatoms. The molecule has 0 aliphatic carbocycles. The molecule has 0 amide bonds. The van der Waals surface area contributed by atoms with Gasteiger partial charge in [-0.2, -0.15) is 5.10 Å². The highest BCUT2D eigenvalue weighted by Crippen LogP contribution is 2.06. The third-order valence-corrected chi connectivity index (χ3v) is 2.19. The summed E-state index contributed by atoms with van der Waals surface area (Å²) in [5.74, 6) is -0.0880. The van der Waals surface area contributed by atoms with Crippen LogP contribution in [0, 0.1) is 0 Å². The van der Waals surface area contributed by atoms with Crippen LogP contribution >= 0.6 is 0 Å². The van der Waals surface area contributed by atoms with E-state index in [1.807, 2.05) is 14.0 Å². The van der Waals surface area contributed by atoms with E-state index in [4.69, 9.17) is 0 Å². The second kappa shape index (κ2) is 3.68. The van der Waals surface area contributed by atoms with E-state index in [-0.39, 0.29) is 5.78 Å². The molecule has 0 aromatic carbocycles. The summed E-state index contributed by atoms with van der Waals surface area (Å²) in [6.45, 7) is 2.63. The van der Waals surface area contributed by atoms with E-state index in [1.54, 1.807) is 34.0 Å². The first-order valence-electron chi connectivity index (χ1n) is 4.77. The molecule has 0 atom stereocenters. The quantitative estimate of drug-likeness (QED) is 0.697. The van der Waals surface area contributed by atoms with Crippen molar-refractivity contribution in [3.05, 3.63) is 36.2 Å². The second-order valence-corrected chi connectivity index (χ2v) is 3.29. The summed E-state index contributed by atoms with van der Waals surface area (Å²) >= 11 is 0. The van der Waals surface area contributed by atoms with Gasteiger partial charge in [-0.15, -0.1) is 0 Å². The molecule has 15 heavy (non-hydrogen) atoms. The summed E-state index contributed by atoms with van der Waals surface area (Å²) in [4.78, 5) is 16.0. The number of carbonyl (C=O) groups is 1. The lowest BCUT2D eigenvalue weighted by atomic mass is 10.2. The van der Waals surface area contributed by atoms with Crippen molar-refractivity contribution in [1.82, 2.24) is 19.3 Å². The third-order valence-electron chi connectivity index (χ3n) is 2.19. The van der Waals surface area contributed by atoms with E-state index in [0.29, 0.717) is 17.9 Å². The summed E-state index contributed by atoms with van der Waals surface area (Å²) in [6.07, 6.45) is 4.94. The number of carbonyl (C=O) groups excluding carboxylic acids is 1. The molecule has 0 fully saturated rings. The van der Waals surface area contributed by atoms with Crippen molar-refractivity contribution >= 4 is 5.78 Å². The maximum atomic E-state index is 12.0. The highest BCUT2D eigenvalue weighted by atomic mass is 16.1. The highest BCUT2D eigenvalue weighted by Gasteiger charge is 2.15. The molecule has 2 aromatic rings. The fourth-order valence-electron chi connectivity index (χ4n) is 1.44. The Morgan fingerprint density at radius 2 is 2.33 bits per heavy atom. The number of ketones is 1. The Morgan fingerprint density at radius 1 is 1.53 bits per heavy atom. The average molecular weight is 204 g/mol. The number of nitrogens with zero attached hydrogens (tertiary/aromatic N) is 4. The van der Waals surface area contributed by atoms with Gasteiger partial charge in [-0.05, 0) is 13.0 Å². The average Bonchev–Trinajstić information content (AvgIpc) is 2.84. The Labute approximate surface area is 87.4 Å². The summed E-state index contributed by atoms with van der Waals surface area (Å²) in [7, 11) is 1.83. The van der Waals surface area contributed by atoms with Crippen LogP contribution in [0.15, 0.2) is 24.8 Å².